The maximum atomic E-state index is 10.2. The Kier molecular flexibility index (Phi) is 3.68. The Bertz CT molecular complexity index is 523. The zero-order valence-corrected chi connectivity index (χ0v) is 11.9. The average molecular weight is 277 g/mol. The van der Waals surface area contributed by atoms with Crippen LogP contribution >= 0.6 is 11.3 Å². The molecule has 2 atom stereocenters. The van der Waals surface area contributed by atoms with Crippen LogP contribution in [0.2, 0.25) is 0 Å². The van der Waals surface area contributed by atoms with Crippen LogP contribution in [-0.2, 0) is 13.0 Å². The van der Waals surface area contributed by atoms with Crippen LogP contribution in [-0.4, -0.2) is 39.0 Å². The van der Waals surface area contributed by atoms with Crippen molar-refractivity contribution in [2.75, 3.05) is 13.1 Å². The lowest BCUT2D eigenvalue weighted by molar-refractivity contribution is 0.0732. The van der Waals surface area contributed by atoms with Gasteiger partial charge in [-0.1, -0.05) is 0 Å². The fraction of sp³-hybridized carbons (Fsp3) is 0.500. The third-order valence-electron chi connectivity index (χ3n) is 3.81. The van der Waals surface area contributed by atoms with Crippen LogP contribution < -0.4 is 0 Å². The number of hydrogen-bond acceptors (Lipinski definition) is 4. The Morgan fingerprint density at radius 3 is 3.21 bits per heavy atom. The molecule has 1 aliphatic heterocycles. The minimum atomic E-state index is -0.373. The van der Waals surface area contributed by atoms with E-state index in [1.165, 1.54) is 10.4 Å². The summed E-state index contributed by atoms with van der Waals surface area (Å²) in [5.74, 6) is 0. The number of fused-ring (bicyclic) bond motifs is 1. The number of β-amino-alcohol motifs (C(OH)–C–C–N with tert-alkyl or cyclic N) is 1. The van der Waals surface area contributed by atoms with Crippen molar-refractivity contribution in [2.45, 2.75) is 32.0 Å². The molecule has 0 aromatic carbocycles. The number of rotatable bonds is 4. The van der Waals surface area contributed by atoms with Gasteiger partial charge in [0.05, 0.1) is 12.6 Å². The average Bonchev–Trinajstić information content (AvgIpc) is 3.03. The number of aromatic nitrogens is 2. The second kappa shape index (κ2) is 5.45. The molecule has 1 aliphatic rings. The van der Waals surface area contributed by atoms with Crippen LogP contribution in [0.5, 0.6) is 0 Å². The van der Waals surface area contributed by atoms with E-state index in [-0.39, 0.29) is 6.10 Å². The molecule has 3 heterocycles. The van der Waals surface area contributed by atoms with E-state index in [0.29, 0.717) is 19.1 Å². The van der Waals surface area contributed by atoms with Gasteiger partial charge in [-0.25, -0.2) is 0 Å². The summed E-state index contributed by atoms with van der Waals surface area (Å²) in [6, 6.07) is 4.51. The lowest BCUT2D eigenvalue weighted by Gasteiger charge is -2.34. The largest absolute Gasteiger partial charge is 0.390 e. The van der Waals surface area contributed by atoms with E-state index < -0.39 is 0 Å². The first-order chi connectivity index (χ1) is 9.24. The lowest BCUT2D eigenvalue weighted by atomic mass is 10.0. The molecule has 0 fully saturated rings. The van der Waals surface area contributed by atoms with Crippen molar-refractivity contribution >= 4 is 11.3 Å². The Morgan fingerprint density at radius 2 is 2.42 bits per heavy atom. The Balaban J connectivity index is 1.61. The van der Waals surface area contributed by atoms with Crippen molar-refractivity contribution in [1.82, 2.24) is 14.7 Å². The second-order valence-corrected chi connectivity index (χ2v) is 6.10. The van der Waals surface area contributed by atoms with Crippen molar-refractivity contribution in [3.8, 4) is 0 Å². The van der Waals surface area contributed by atoms with Gasteiger partial charge in [0.15, 0.2) is 0 Å². The van der Waals surface area contributed by atoms with E-state index in [2.05, 4.69) is 28.4 Å². The third kappa shape index (κ3) is 2.73. The van der Waals surface area contributed by atoms with Gasteiger partial charge in [-0.05, 0) is 36.4 Å². The van der Waals surface area contributed by atoms with E-state index in [9.17, 15) is 5.11 Å². The molecule has 0 bridgehead atoms. The Morgan fingerprint density at radius 1 is 1.53 bits per heavy atom. The molecular weight excluding hydrogens is 258 g/mol. The molecule has 2 aromatic heterocycles. The molecule has 19 heavy (non-hydrogen) atoms. The molecule has 3 rings (SSSR count). The molecule has 0 unspecified atom stereocenters. The third-order valence-corrected chi connectivity index (χ3v) is 4.80. The van der Waals surface area contributed by atoms with Crippen molar-refractivity contribution in [3.05, 3.63) is 40.3 Å². The van der Waals surface area contributed by atoms with Gasteiger partial charge in [-0.2, -0.15) is 5.10 Å². The number of hydrogen-bond donors (Lipinski definition) is 1. The number of nitrogens with zero attached hydrogens (tertiary/aromatic N) is 3. The van der Waals surface area contributed by atoms with Crippen LogP contribution in [0.3, 0.4) is 0 Å². The molecule has 0 spiro atoms. The molecule has 2 aromatic rings. The second-order valence-electron chi connectivity index (χ2n) is 5.10. The predicted molar refractivity (Wildman–Crippen MR) is 76.2 cm³/mol. The zero-order valence-electron chi connectivity index (χ0n) is 11.1. The molecule has 4 nitrogen and oxygen atoms in total. The maximum Gasteiger partial charge on any atom is 0.0862 e. The summed E-state index contributed by atoms with van der Waals surface area (Å²) in [6.07, 6.45) is 4.36. The van der Waals surface area contributed by atoms with Crippen molar-refractivity contribution in [3.63, 3.8) is 0 Å². The molecule has 0 saturated carbocycles. The monoisotopic (exact) mass is 277 g/mol. The topological polar surface area (TPSA) is 41.3 Å². The lowest BCUT2D eigenvalue weighted by Crippen LogP contribution is -2.40. The summed E-state index contributed by atoms with van der Waals surface area (Å²) in [4.78, 5) is 3.87. The summed E-state index contributed by atoms with van der Waals surface area (Å²) in [6.45, 7) is 4.53. The van der Waals surface area contributed by atoms with Gasteiger partial charge in [0, 0.05) is 36.4 Å². The van der Waals surface area contributed by atoms with Gasteiger partial charge in [0.1, 0.15) is 0 Å². The first kappa shape index (κ1) is 12.8. The van der Waals surface area contributed by atoms with Gasteiger partial charge in [-0.15, -0.1) is 11.3 Å². The highest BCUT2D eigenvalue weighted by atomic mass is 32.1. The quantitative estimate of drug-likeness (QED) is 0.928. The number of thiophene rings is 1. The first-order valence-electron chi connectivity index (χ1n) is 6.70. The summed E-state index contributed by atoms with van der Waals surface area (Å²) in [7, 11) is 0. The minimum absolute atomic E-state index is 0.373. The molecule has 5 heteroatoms. The fourth-order valence-electron chi connectivity index (χ4n) is 2.76. The first-order valence-corrected chi connectivity index (χ1v) is 7.58. The summed E-state index contributed by atoms with van der Waals surface area (Å²) in [5.41, 5.74) is 1.43. The molecular formula is C14H19N3OS. The highest BCUT2D eigenvalue weighted by Gasteiger charge is 2.26. The standard InChI is InChI=1S/C14H19N3OS/c1-11-13-4-8-19-14(13)3-7-16(11)9-12(18)10-17-6-2-5-15-17/h2,4-6,8,11-12,18H,3,7,9-10H2,1H3/t11-,12-/m1/s1. The molecule has 102 valence electrons. The highest BCUT2D eigenvalue weighted by Crippen LogP contribution is 2.32. The van der Waals surface area contributed by atoms with E-state index in [0.717, 1.165) is 13.0 Å². The van der Waals surface area contributed by atoms with E-state index in [4.69, 9.17) is 0 Å². The van der Waals surface area contributed by atoms with Crippen LogP contribution in [0, 0.1) is 0 Å². The van der Waals surface area contributed by atoms with Crippen LogP contribution in [0.1, 0.15) is 23.4 Å². The van der Waals surface area contributed by atoms with Gasteiger partial charge < -0.3 is 5.11 Å². The molecule has 0 radical (unpaired) electrons. The van der Waals surface area contributed by atoms with E-state index in [1.807, 2.05) is 23.6 Å². The molecule has 0 amide bonds. The normalized spacial score (nSPS) is 21.3. The highest BCUT2D eigenvalue weighted by molar-refractivity contribution is 7.10. The maximum absolute atomic E-state index is 10.2. The Labute approximate surface area is 117 Å². The molecule has 0 saturated heterocycles. The predicted octanol–water partition coefficient (Wildman–Crippen LogP) is 1.92. The minimum Gasteiger partial charge on any atom is -0.390 e. The van der Waals surface area contributed by atoms with Gasteiger partial charge in [0.25, 0.3) is 0 Å². The van der Waals surface area contributed by atoms with Crippen LogP contribution in [0.15, 0.2) is 29.9 Å². The fourth-order valence-corrected chi connectivity index (χ4v) is 3.73. The number of aliphatic hydroxyl groups excluding tert-OH is 1. The Hall–Kier alpha value is -1.17. The molecule has 1 N–H and O–H groups in total. The summed E-state index contributed by atoms with van der Waals surface area (Å²) in [5, 5.41) is 16.5. The van der Waals surface area contributed by atoms with Crippen LogP contribution in [0.4, 0.5) is 0 Å². The van der Waals surface area contributed by atoms with E-state index in [1.54, 1.807) is 10.9 Å². The van der Waals surface area contributed by atoms with E-state index >= 15 is 0 Å². The summed E-state index contributed by atoms with van der Waals surface area (Å²) >= 11 is 1.85. The smallest absolute Gasteiger partial charge is 0.0862 e. The van der Waals surface area contributed by atoms with Gasteiger partial charge in [0.2, 0.25) is 0 Å². The van der Waals surface area contributed by atoms with Gasteiger partial charge in [-0.3, -0.25) is 9.58 Å². The summed E-state index contributed by atoms with van der Waals surface area (Å²) < 4.78 is 1.79. The van der Waals surface area contributed by atoms with Crippen molar-refractivity contribution in [2.24, 2.45) is 0 Å². The number of aliphatic hydroxyl groups is 1. The van der Waals surface area contributed by atoms with Gasteiger partial charge >= 0.3 is 0 Å². The van der Waals surface area contributed by atoms with Crippen molar-refractivity contribution in [1.29, 1.82) is 0 Å². The molecule has 0 aliphatic carbocycles. The van der Waals surface area contributed by atoms with Crippen LogP contribution in [0.25, 0.3) is 0 Å². The van der Waals surface area contributed by atoms with Crippen molar-refractivity contribution < 1.29 is 5.11 Å². The SMILES string of the molecule is C[C@@H]1c2ccsc2CCN1C[C@@H](O)Cn1cccn1. The zero-order chi connectivity index (χ0) is 13.2.